The molecule has 1 aliphatic carbocycles. The van der Waals surface area contributed by atoms with Crippen LogP contribution in [-0.4, -0.2) is 44.5 Å². The minimum atomic E-state index is -2.82. The van der Waals surface area contributed by atoms with Crippen molar-refractivity contribution in [2.24, 2.45) is 11.8 Å². The van der Waals surface area contributed by atoms with Gasteiger partial charge in [0.05, 0.1) is 5.75 Å². The van der Waals surface area contributed by atoms with Crippen LogP contribution in [0.1, 0.15) is 33.1 Å². The first-order valence-corrected chi connectivity index (χ1v) is 9.91. The molecule has 1 rings (SSSR count). The van der Waals surface area contributed by atoms with E-state index in [0.717, 1.165) is 17.6 Å². The Labute approximate surface area is 116 Å². The molecule has 1 aliphatic rings. The van der Waals surface area contributed by atoms with Gasteiger partial charge in [-0.15, -0.1) is 0 Å². The second-order valence-corrected chi connectivity index (χ2v) is 9.36. The molecule has 3 atom stereocenters. The summed E-state index contributed by atoms with van der Waals surface area (Å²) in [6.07, 6.45) is 5.06. The number of hydrogen-bond donors (Lipinski definition) is 1. The first-order chi connectivity index (χ1) is 8.33. The molecule has 108 valence electrons. The topological polar surface area (TPSA) is 46.2 Å². The van der Waals surface area contributed by atoms with Crippen LogP contribution in [0.3, 0.4) is 0 Å². The molecular formula is C13H27NO2S2. The smallest absolute Gasteiger partial charge is 0.148 e. The van der Waals surface area contributed by atoms with Crippen LogP contribution in [0.4, 0.5) is 0 Å². The molecular weight excluding hydrogens is 266 g/mol. The van der Waals surface area contributed by atoms with E-state index in [1.54, 1.807) is 0 Å². The Kier molecular flexibility index (Phi) is 6.48. The van der Waals surface area contributed by atoms with E-state index >= 15 is 0 Å². The third kappa shape index (κ3) is 5.49. The Morgan fingerprint density at radius 1 is 1.33 bits per heavy atom. The van der Waals surface area contributed by atoms with E-state index < -0.39 is 9.84 Å². The molecule has 18 heavy (non-hydrogen) atoms. The molecule has 0 aromatic heterocycles. The average Bonchev–Trinajstić information content (AvgIpc) is 2.27. The highest BCUT2D eigenvalue weighted by molar-refractivity contribution is 8.01. The number of sulfone groups is 1. The lowest BCUT2D eigenvalue weighted by Gasteiger charge is -2.37. The van der Waals surface area contributed by atoms with Crippen LogP contribution in [0.2, 0.25) is 0 Å². The lowest BCUT2D eigenvalue weighted by Crippen LogP contribution is -2.42. The lowest BCUT2D eigenvalue weighted by molar-refractivity contribution is 0.251. The van der Waals surface area contributed by atoms with Gasteiger partial charge in [0.2, 0.25) is 0 Å². The van der Waals surface area contributed by atoms with Crippen molar-refractivity contribution in [1.29, 1.82) is 0 Å². The predicted molar refractivity (Wildman–Crippen MR) is 81.0 cm³/mol. The Bertz CT molecular complexity index is 341. The first-order valence-electron chi connectivity index (χ1n) is 6.80. The molecule has 0 spiro atoms. The highest BCUT2D eigenvalue weighted by atomic mass is 32.2. The van der Waals surface area contributed by atoms with Crippen molar-refractivity contribution in [3.05, 3.63) is 0 Å². The zero-order chi connectivity index (χ0) is 13.8. The molecule has 5 heteroatoms. The van der Waals surface area contributed by atoms with Gasteiger partial charge >= 0.3 is 0 Å². The van der Waals surface area contributed by atoms with Crippen LogP contribution in [0, 0.1) is 11.8 Å². The molecule has 0 heterocycles. The van der Waals surface area contributed by atoms with E-state index in [2.05, 4.69) is 19.2 Å². The zero-order valence-electron chi connectivity index (χ0n) is 12.0. The van der Waals surface area contributed by atoms with E-state index in [1.165, 1.54) is 25.5 Å². The highest BCUT2D eigenvalue weighted by Crippen LogP contribution is 2.36. The molecule has 0 amide bonds. The minimum Gasteiger partial charge on any atom is -0.316 e. The number of thioether (sulfide) groups is 1. The van der Waals surface area contributed by atoms with Gasteiger partial charge in [0.15, 0.2) is 0 Å². The molecule has 0 aliphatic heterocycles. The molecule has 1 N–H and O–H groups in total. The SMILES string of the molecule is CNC1CCC(C(C)C)CC1SCCS(C)(=O)=O. The molecule has 1 fully saturated rings. The quantitative estimate of drug-likeness (QED) is 0.815. The van der Waals surface area contributed by atoms with Crippen molar-refractivity contribution in [2.75, 3.05) is 24.8 Å². The van der Waals surface area contributed by atoms with Crippen molar-refractivity contribution >= 4 is 21.6 Å². The highest BCUT2D eigenvalue weighted by Gasteiger charge is 2.31. The fraction of sp³-hybridized carbons (Fsp3) is 1.00. The third-order valence-electron chi connectivity index (χ3n) is 3.93. The summed E-state index contributed by atoms with van der Waals surface area (Å²) < 4.78 is 22.3. The van der Waals surface area contributed by atoms with E-state index in [-0.39, 0.29) is 0 Å². The monoisotopic (exact) mass is 293 g/mol. The second kappa shape index (κ2) is 7.15. The summed E-state index contributed by atoms with van der Waals surface area (Å²) in [6, 6.07) is 0.546. The van der Waals surface area contributed by atoms with E-state index in [4.69, 9.17) is 0 Å². The van der Waals surface area contributed by atoms with Gasteiger partial charge in [-0.25, -0.2) is 8.42 Å². The van der Waals surface area contributed by atoms with Crippen LogP contribution in [-0.2, 0) is 9.84 Å². The summed E-state index contributed by atoms with van der Waals surface area (Å²) in [6.45, 7) is 4.59. The van der Waals surface area contributed by atoms with Crippen LogP contribution < -0.4 is 5.32 Å². The summed E-state index contributed by atoms with van der Waals surface area (Å²) in [5.74, 6) is 2.56. The van der Waals surface area contributed by atoms with Gasteiger partial charge in [0, 0.05) is 23.3 Å². The molecule has 3 nitrogen and oxygen atoms in total. The lowest BCUT2D eigenvalue weighted by atomic mass is 9.79. The van der Waals surface area contributed by atoms with Gasteiger partial charge in [-0.2, -0.15) is 11.8 Å². The molecule has 0 aromatic carbocycles. The van der Waals surface area contributed by atoms with Crippen molar-refractivity contribution < 1.29 is 8.42 Å². The molecule has 0 radical (unpaired) electrons. The fourth-order valence-electron chi connectivity index (χ4n) is 2.63. The fourth-order valence-corrected chi connectivity index (χ4v) is 5.42. The van der Waals surface area contributed by atoms with E-state index in [0.29, 0.717) is 17.0 Å². The maximum absolute atomic E-state index is 11.2. The third-order valence-corrected chi connectivity index (χ3v) is 6.53. The average molecular weight is 293 g/mol. The van der Waals surface area contributed by atoms with Gasteiger partial charge in [0.1, 0.15) is 9.84 Å². The van der Waals surface area contributed by atoms with Crippen LogP contribution in [0.15, 0.2) is 0 Å². The van der Waals surface area contributed by atoms with Crippen molar-refractivity contribution in [3.8, 4) is 0 Å². The Hall–Kier alpha value is 0.260. The minimum absolute atomic E-state index is 0.303. The Morgan fingerprint density at radius 2 is 2.00 bits per heavy atom. The zero-order valence-corrected chi connectivity index (χ0v) is 13.6. The van der Waals surface area contributed by atoms with Crippen LogP contribution in [0.25, 0.3) is 0 Å². The summed E-state index contributed by atoms with van der Waals surface area (Å²) >= 11 is 1.84. The molecule has 3 unspecified atom stereocenters. The maximum atomic E-state index is 11.2. The van der Waals surface area contributed by atoms with Gasteiger partial charge in [0.25, 0.3) is 0 Å². The molecule has 0 saturated heterocycles. The maximum Gasteiger partial charge on any atom is 0.148 e. The first kappa shape index (κ1) is 16.3. The van der Waals surface area contributed by atoms with Gasteiger partial charge in [-0.05, 0) is 38.1 Å². The summed E-state index contributed by atoms with van der Waals surface area (Å²) in [5.41, 5.74) is 0. The van der Waals surface area contributed by atoms with Crippen molar-refractivity contribution in [2.45, 2.75) is 44.4 Å². The summed E-state index contributed by atoms with van der Waals surface area (Å²) in [4.78, 5) is 0. The largest absolute Gasteiger partial charge is 0.316 e. The standard InChI is InChI=1S/C13H27NO2S2/c1-10(2)11-5-6-12(14-3)13(9-11)17-7-8-18(4,15)16/h10-14H,5-9H2,1-4H3. The number of nitrogens with one attached hydrogen (secondary N) is 1. The van der Waals surface area contributed by atoms with Crippen LogP contribution in [0.5, 0.6) is 0 Å². The summed E-state index contributed by atoms with van der Waals surface area (Å²) in [5, 5.41) is 3.96. The normalized spacial score (nSPS) is 29.7. The molecule has 0 aromatic rings. The van der Waals surface area contributed by atoms with E-state index in [1.807, 2.05) is 18.8 Å². The van der Waals surface area contributed by atoms with Crippen molar-refractivity contribution in [3.63, 3.8) is 0 Å². The van der Waals surface area contributed by atoms with Crippen molar-refractivity contribution in [1.82, 2.24) is 5.32 Å². The summed E-state index contributed by atoms with van der Waals surface area (Å²) in [7, 11) is -0.802. The Balaban J connectivity index is 2.47. The van der Waals surface area contributed by atoms with Gasteiger partial charge in [-0.3, -0.25) is 0 Å². The number of rotatable bonds is 6. The number of hydrogen-bond acceptors (Lipinski definition) is 4. The van der Waals surface area contributed by atoms with E-state index in [9.17, 15) is 8.42 Å². The Morgan fingerprint density at radius 3 is 2.50 bits per heavy atom. The predicted octanol–water partition coefficient (Wildman–Crippen LogP) is 2.18. The van der Waals surface area contributed by atoms with Gasteiger partial charge in [-0.1, -0.05) is 13.8 Å². The van der Waals surface area contributed by atoms with Gasteiger partial charge < -0.3 is 5.32 Å². The molecule has 1 saturated carbocycles. The molecule has 0 bridgehead atoms. The van der Waals surface area contributed by atoms with Crippen LogP contribution >= 0.6 is 11.8 Å². The second-order valence-electron chi connectivity index (χ2n) is 5.75.